The maximum absolute atomic E-state index is 12.1. The summed E-state index contributed by atoms with van der Waals surface area (Å²) in [6.45, 7) is 6.75. The molecule has 1 aromatic heterocycles. The molecule has 23 heavy (non-hydrogen) atoms. The van der Waals surface area contributed by atoms with E-state index >= 15 is 0 Å². The molecule has 2 rings (SSSR count). The Morgan fingerprint density at radius 2 is 1.91 bits per heavy atom. The first-order valence-electron chi connectivity index (χ1n) is 7.65. The first-order chi connectivity index (χ1) is 11.0. The summed E-state index contributed by atoms with van der Waals surface area (Å²) < 4.78 is 1.62. The molecule has 2 aromatic rings. The van der Waals surface area contributed by atoms with E-state index in [0.717, 1.165) is 16.8 Å². The molecule has 0 radical (unpaired) electrons. The molecule has 0 saturated heterocycles. The summed E-state index contributed by atoms with van der Waals surface area (Å²) in [5.41, 5.74) is 3.43. The first-order valence-corrected chi connectivity index (χ1v) is 7.65. The second-order valence-electron chi connectivity index (χ2n) is 5.37. The number of benzene rings is 1. The van der Waals surface area contributed by atoms with Crippen molar-refractivity contribution in [3.05, 3.63) is 52.8 Å². The highest BCUT2D eigenvalue weighted by molar-refractivity contribution is 5.95. The van der Waals surface area contributed by atoms with Crippen molar-refractivity contribution >= 4 is 11.8 Å². The highest BCUT2D eigenvalue weighted by Crippen LogP contribution is 2.06. The number of hydrogen-bond donors (Lipinski definition) is 2. The van der Waals surface area contributed by atoms with Gasteiger partial charge in [0, 0.05) is 13.1 Å². The zero-order valence-electron chi connectivity index (χ0n) is 13.7. The summed E-state index contributed by atoms with van der Waals surface area (Å²) in [7, 11) is 0. The third-order valence-electron chi connectivity index (χ3n) is 3.58. The van der Waals surface area contributed by atoms with Crippen molar-refractivity contribution in [3.8, 4) is 0 Å². The van der Waals surface area contributed by atoms with Crippen LogP contribution in [-0.4, -0.2) is 28.1 Å². The van der Waals surface area contributed by atoms with Crippen molar-refractivity contribution in [2.24, 2.45) is 0 Å². The van der Waals surface area contributed by atoms with Crippen LogP contribution in [0.1, 0.15) is 34.2 Å². The number of aryl methyl sites for hydroxylation is 3. The molecule has 0 fully saturated rings. The fourth-order valence-electron chi connectivity index (χ4n) is 2.29. The van der Waals surface area contributed by atoms with Gasteiger partial charge in [0.05, 0.1) is 12.2 Å². The third kappa shape index (κ3) is 4.42. The van der Waals surface area contributed by atoms with E-state index in [0.29, 0.717) is 18.8 Å². The highest BCUT2D eigenvalue weighted by atomic mass is 16.2. The Morgan fingerprint density at radius 3 is 2.61 bits per heavy atom. The molecule has 0 atom stereocenters. The van der Waals surface area contributed by atoms with Gasteiger partial charge < -0.3 is 10.6 Å². The molecule has 1 heterocycles. The molecule has 0 aliphatic carbocycles. The fourth-order valence-corrected chi connectivity index (χ4v) is 2.29. The van der Waals surface area contributed by atoms with Crippen LogP contribution in [0.4, 0.5) is 0 Å². The van der Waals surface area contributed by atoms with Crippen molar-refractivity contribution in [1.82, 2.24) is 20.4 Å². The Labute approximate surface area is 135 Å². The van der Waals surface area contributed by atoms with Crippen molar-refractivity contribution in [2.45, 2.75) is 33.9 Å². The van der Waals surface area contributed by atoms with Crippen molar-refractivity contribution in [2.75, 3.05) is 6.54 Å². The number of nitrogens with zero attached hydrogens (tertiary/aromatic N) is 2. The van der Waals surface area contributed by atoms with Gasteiger partial charge in [-0.3, -0.25) is 14.3 Å². The van der Waals surface area contributed by atoms with Crippen LogP contribution in [0, 0.1) is 13.8 Å². The SMILES string of the molecule is CCn1nc(C)cc1C(=O)NCC(=O)NCc1ccccc1C. The quantitative estimate of drug-likeness (QED) is 0.849. The van der Waals surface area contributed by atoms with Gasteiger partial charge in [0.1, 0.15) is 5.69 Å². The molecule has 2 N–H and O–H groups in total. The van der Waals surface area contributed by atoms with Crippen molar-refractivity contribution < 1.29 is 9.59 Å². The number of amides is 2. The van der Waals surface area contributed by atoms with Crippen LogP contribution in [-0.2, 0) is 17.9 Å². The number of carbonyl (C=O) groups is 2. The second-order valence-corrected chi connectivity index (χ2v) is 5.37. The number of hydrogen-bond acceptors (Lipinski definition) is 3. The van der Waals surface area contributed by atoms with Crippen LogP contribution in [0.3, 0.4) is 0 Å². The van der Waals surface area contributed by atoms with E-state index in [1.807, 2.05) is 45.0 Å². The monoisotopic (exact) mass is 314 g/mol. The predicted octanol–water partition coefficient (Wildman–Crippen LogP) is 1.57. The number of rotatable bonds is 6. The normalized spacial score (nSPS) is 10.4. The molecule has 0 unspecified atom stereocenters. The maximum atomic E-state index is 12.1. The fraction of sp³-hybridized carbons (Fsp3) is 0.353. The van der Waals surface area contributed by atoms with E-state index in [9.17, 15) is 9.59 Å². The molecule has 0 bridgehead atoms. The average molecular weight is 314 g/mol. The zero-order chi connectivity index (χ0) is 16.8. The van der Waals surface area contributed by atoms with Crippen LogP contribution >= 0.6 is 0 Å². The first kappa shape index (κ1) is 16.7. The van der Waals surface area contributed by atoms with Gasteiger partial charge in [0.15, 0.2) is 0 Å². The molecule has 1 aromatic carbocycles. The van der Waals surface area contributed by atoms with Gasteiger partial charge in [-0.05, 0) is 38.0 Å². The lowest BCUT2D eigenvalue weighted by atomic mass is 10.1. The van der Waals surface area contributed by atoms with E-state index in [1.165, 1.54) is 0 Å². The molecule has 0 aliphatic rings. The molecule has 122 valence electrons. The largest absolute Gasteiger partial charge is 0.350 e. The smallest absolute Gasteiger partial charge is 0.269 e. The van der Waals surface area contributed by atoms with Gasteiger partial charge in [0.2, 0.25) is 5.91 Å². The highest BCUT2D eigenvalue weighted by Gasteiger charge is 2.14. The predicted molar refractivity (Wildman–Crippen MR) is 88.0 cm³/mol. The summed E-state index contributed by atoms with van der Waals surface area (Å²) in [5, 5.41) is 9.65. The van der Waals surface area contributed by atoms with E-state index < -0.39 is 0 Å². The van der Waals surface area contributed by atoms with Crippen molar-refractivity contribution in [1.29, 1.82) is 0 Å². The molecular weight excluding hydrogens is 292 g/mol. The van der Waals surface area contributed by atoms with Gasteiger partial charge in [-0.2, -0.15) is 5.10 Å². The summed E-state index contributed by atoms with van der Waals surface area (Å²) in [6.07, 6.45) is 0. The van der Waals surface area contributed by atoms with E-state index in [2.05, 4.69) is 15.7 Å². The van der Waals surface area contributed by atoms with E-state index in [1.54, 1.807) is 10.7 Å². The zero-order valence-corrected chi connectivity index (χ0v) is 13.7. The van der Waals surface area contributed by atoms with Gasteiger partial charge in [-0.1, -0.05) is 24.3 Å². The Bertz CT molecular complexity index is 706. The van der Waals surface area contributed by atoms with Crippen LogP contribution in [0.2, 0.25) is 0 Å². The summed E-state index contributed by atoms with van der Waals surface area (Å²) in [4.78, 5) is 24.0. The Hall–Kier alpha value is -2.63. The summed E-state index contributed by atoms with van der Waals surface area (Å²) in [5.74, 6) is -0.514. The Morgan fingerprint density at radius 1 is 1.17 bits per heavy atom. The second kappa shape index (κ2) is 7.58. The summed E-state index contributed by atoms with van der Waals surface area (Å²) >= 11 is 0. The van der Waals surface area contributed by atoms with Gasteiger partial charge in [0.25, 0.3) is 5.91 Å². The third-order valence-corrected chi connectivity index (χ3v) is 3.58. The molecular formula is C17H22N4O2. The average Bonchev–Trinajstić information content (AvgIpc) is 2.93. The van der Waals surface area contributed by atoms with E-state index in [-0.39, 0.29) is 18.4 Å². The lowest BCUT2D eigenvalue weighted by Crippen LogP contribution is -2.37. The Kier molecular flexibility index (Phi) is 5.51. The van der Waals surface area contributed by atoms with Crippen LogP contribution in [0.25, 0.3) is 0 Å². The number of aromatic nitrogens is 2. The topological polar surface area (TPSA) is 76.0 Å². The van der Waals surface area contributed by atoms with Crippen LogP contribution in [0.15, 0.2) is 30.3 Å². The lowest BCUT2D eigenvalue weighted by Gasteiger charge is -2.09. The standard InChI is InChI=1S/C17H22N4O2/c1-4-21-15(9-13(3)20-21)17(23)19-11-16(22)18-10-14-8-6-5-7-12(14)2/h5-9H,4,10-11H2,1-3H3,(H,18,22)(H,19,23). The molecule has 0 aliphatic heterocycles. The minimum Gasteiger partial charge on any atom is -0.350 e. The van der Waals surface area contributed by atoms with Gasteiger partial charge >= 0.3 is 0 Å². The van der Waals surface area contributed by atoms with E-state index in [4.69, 9.17) is 0 Å². The summed E-state index contributed by atoms with van der Waals surface area (Å²) in [6, 6.07) is 9.57. The lowest BCUT2D eigenvalue weighted by molar-refractivity contribution is -0.120. The molecule has 0 saturated carbocycles. The Balaban J connectivity index is 1.84. The molecule has 6 nitrogen and oxygen atoms in total. The van der Waals surface area contributed by atoms with Crippen LogP contribution in [0.5, 0.6) is 0 Å². The maximum Gasteiger partial charge on any atom is 0.269 e. The number of nitrogens with one attached hydrogen (secondary N) is 2. The minimum absolute atomic E-state index is 0.0569. The van der Waals surface area contributed by atoms with Gasteiger partial charge in [-0.25, -0.2) is 0 Å². The van der Waals surface area contributed by atoms with Crippen molar-refractivity contribution in [3.63, 3.8) is 0 Å². The molecule has 6 heteroatoms. The molecule has 0 spiro atoms. The van der Waals surface area contributed by atoms with Crippen LogP contribution < -0.4 is 10.6 Å². The van der Waals surface area contributed by atoms with Gasteiger partial charge in [-0.15, -0.1) is 0 Å². The minimum atomic E-state index is -0.293. The number of carbonyl (C=O) groups excluding carboxylic acids is 2. The molecule has 2 amide bonds.